The van der Waals surface area contributed by atoms with Crippen molar-refractivity contribution in [3.63, 3.8) is 0 Å². The molecular formula is C15H27N3O3. The van der Waals surface area contributed by atoms with Crippen LogP contribution in [0.5, 0.6) is 0 Å². The first-order chi connectivity index (χ1) is 10.2. The van der Waals surface area contributed by atoms with E-state index in [1.54, 1.807) is 7.05 Å². The Labute approximate surface area is 126 Å². The molecule has 0 saturated carbocycles. The van der Waals surface area contributed by atoms with E-state index in [-0.39, 0.29) is 11.9 Å². The quantitative estimate of drug-likeness (QED) is 0.477. The van der Waals surface area contributed by atoms with Crippen LogP contribution in [0, 0.1) is 5.92 Å². The average molecular weight is 297 g/mol. The van der Waals surface area contributed by atoms with E-state index in [1.807, 2.05) is 6.92 Å². The molecule has 2 saturated heterocycles. The highest BCUT2D eigenvalue weighted by Crippen LogP contribution is 2.19. The lowest BCUT2D eigenvalue weighted by atomic mass is 9.97. The summed E-state index contributed by atoms with van der Waals surface area (Å²) in [5.74, 6) is 0.893. The zero-order valence-corrected chi connectivity index (χ0v) is 13.1. The number of piperidine rings is 1. The molecule has 0 spiro atoms. The zero-order chi connectivity index (χ0) is 15.1. The number of carbonyl (C=O) groups is 1. The van der Waals surface area contributed by atoms with Crippen molar-refractivity contribution in [1.82, 2.24) is 10.2 Å². The molecule has 0 bridgehead atoms. The molecule has 1 N–H and O–H groups in total. The predicted molar refractivity (Wildman–Crippen MR) is 81.3 cm³/mol. The van der Waals surface area contributed by atoms with E-state index in [4.69, 9.17) is 9.47 Å². The van der Waals surface area contributed by atoms with Crippen LogP contribution in [0.3, 0.4) is 0 Å². The molecule has 6 nitrogen and oxygen atoms in total. The Morgan fingerprint density at radius 3 is 2.71 bits per heavy atom. The second kappa shape index (κ2) is 8.22. The maximum atomic E-state index is 11.7. The molecule has 6 heteroatoms. The number of nitrogens with zero attached hydrogens (tertiary/aromatic N) is 2. The molecular weight excluding hydrogens is 270 g/mol. The summed E-state index contributed by atoms with van der Waals surface area (Å²) in [4.78, 5) is 18.3. The number of aliphatic imine (C=N–C) groups is 1. The van der Waals surface area contributed by atoms with Crippen LogP contribution in [0.2, 0.25) is 0 Å². The van der Waals surface area contributed by atoms with E-state index in [2.05, 4.69) is 15.2 Å². The summed E-state index contributed by atoms with van der Waals surface area (Å²) in [5, 5.41) is 3.39. The molecule has 0 aromatic heterocycles. The van der Waals surface area contributed by atoms with Gasteiger partial charge in [0.1, 0.15) is 0 Å². The number of hydrogen-bond donors (Lipinski definition) is 1. The van der Waals surface area contributed by atoms with Gasteiger partial charge in [0.2, 0.25) is 0 Å². The van der Waals surface area contributed by atoms with E-state index in [0.29, 0.717) is 12.7 Å². The van der Waals surface area contributed by atoms with Gasteiger partial charge in [0.25, 0.3) is 0 Å². The molecule has 0 aromatic rings. The molecule has 0 aliphatic carbocycles. The van der Waals surface area contributed by atoms with Crippen LogP contribution < -0.4 is 5.32 Å². The standard InChI is InChI=1S/C15H27N3O3/c1-3-20-14(19)12-6-8-18(9-7-12)15(16-2)17-11-13-5-4-10-21-13/h12-13H,3-11H2,1-2H3,(H,16,17). The summed E-state index contributed by atoms with van der Waals surface area (Å²) < 4.78 is 10.7. The van der Waals surface area contributed by atoms with Crippen LogP contribution in [-0.4, -0.2) is 62.8 Å². The minimum atomic E-state index is -0.0561. The van der Waals surface area contributed by atoms with Crippen molar-refractivity contribution >= 4 is 11.9 Å². The van der Waals surface area contributed by atoms with Gasteiger partial charge in [0, 0.05) is 33.3 Å². The Morgan fingerprint density at radius 2 is 2.14 bits per heavy atom. The van der Waals surface area contributed by atoms with E-state index < -0.39 is 0 Å². The van der Waals surface area contributed by atoms with Gasteiger partial charge in [-0.05, 0) is 32.6 Å². The fourth-order valence-corrected chi connectivity index (χ4v) is 2.93. The van der Waals surface area contributed by atoms with E-state index in [9.17, 15) is 4.79 Å². The van der Waals surface area contributed by atoms with Gasteiger partial charge in [-0.15, -0.1) is 0 Å². The Kier molecular flexibility index (Phi) is 6.29. The lowest BCUT2D eigenvalue weighted by Crippen LogP contribution is -2.48. The Bertz CT molecular complexity index is 359. The Balaban J connectivity index is 1.75. The second-order valence-corrected chi connectivity index (χ2v) is 5.58. The molecule has 2 heterocycles. The number of ether oxygens (including phenoxy) is 2. The zero-order valence-electron chi connectivity index (χ0n) is 13.1. The highest BCUT2D eigenvalue weighted by Gasteiger charge is 2.27. The van der Waals surface area contributed by atoms with Crippen molar-refractivity contribution in [2.45, 2.75) is 38.7 Å². The lowest BCUT2D eigenvalue weighted by molar-refractivity contribution is -0.149. The maximum Gasteiger partial charge on any atom is 0.309 e. The van der Waals surface area contributed by atoms with Crippen molar-refractivity contribution in [2.75, 3.05) is 39.9 Å². The summed E-state index contributed by atoms with van der Waals surface area (Å²) in [6, 6.07) is 0. The maximum absolute atomic E-state index is 11.7. The number of rotatable bonds is 4. The van der Waals surface area contributed by atoms with Crippen LogP contribution in [-0.2, 0) is 14.3 Å². The van der Waals surface area contributed by atoms with Gasteiger partial charge in [0.05, 0.1) is 18.6 Å². The first kappa shape index (κ1) is 16.1. The molecule has 1 unspecified atom stereocenters. The highest BCUT2D eigenvalue weighted by atomic mass is 16.5. The number of guanidine groups is 1. The van der Waals surface area contributed by atoms with E-state index in [1.165, 1.54) is 0 Å². The van der Waals surface area contributed by atoms with E-state index in [0.717, 1.165) is 57.9 Å². The molecule has 120 valence electrons. The average Bonchev–Trinajstić information content (AvgIpc) is 3.02. The summed E-state index contributed by atoms with van der Waals surface area (Å²) in [5.41, 5.74) is 0. The monoisotopic (exact) mass is 297 g/mol. The van der Waals surface area contributed by atoms with Gasteiger partial charge >= 0.3 is 5.97 Å². The first-order valence-electron chi connectivity index (χ1n) is 7.98. The topological polar surface area (TPSA) is 63.2 Å². The lowest BCUT2D eigenvalue weighted by Gasteiger charge is -2.33. The molecule has 0 amide bonds. The largest absolute Gasteiger partial charge is 0.466 e. The Morgan fingerprint density at radius 1 is 1.38 bits per heavy atom. The van der Waals surface area contributed by atoms with Crippen molar-refractivity contribution in [2.24, 2.45) is 10.9 Å². The molecule has 0 aromatic carbocycles. The molecule has 2 rings (SSSR count). The van der Waals surface area contributed by atoms with E-state index >= 15 is 0 Å². The number of carbonyl (C=O) groups excluding carboxylic acids is 1. The fraction of sp³-hybridized carbons (Fsp3) is 0.867. The number of hydrogen-bond acceptors (Lipinski definition) is 4. The van der Waals surface area contributed by atoms with Gasteiger partial charge in [-0.2, -0.15) is 0 Å². The smallest absolute Gasteiger partial charge is 0.309 e. The van der Waals surface area contributed by atoms with Gasteiger partial charge < -0.3 is 19.7 Å². The van der Waals surface area contributed by atoms with Crippen LogP contribution >= 0.6 is 0 Å². The third-order valence-electron chi connectivity index (χ3n) is 4.14. The summed E-state index contributed by atoms with van der Waals surface area (Å²) in [6.07, 6.45) is 4.24. The molecule has 2 aliphatic rings. The summed E-state index contributed by atoms with van der Waals surface area (Å²) >= 11 is 0. The summed E-state index contributed by atoms with van der Waals surface area (Å²) in [7, 11) is 1.80. The normalized spacial score (nSPS) is 24.2. The van der Waals surface area contributed by atoms with Crippen LogP contribution in [0.1, 0.15) is 32.6 Å². The van der Waals surface area contributed by atoms with Gasteiger partial charge in [0.15, 0.2) is 5.96 Å². The van der Waals surface area contributed by atoms with Crippen LogP contribution in [0.4, 0.5) is 0 Å². The minimum absolute atomic E-state index is 0.0393. The first-order valence-corrected chi connectivity index (χ1v) is 7.98. The van der Waals surface area contributed by atoms with Gasteiger partial charge in [-0.25, -0.2) is 0 Å². The molecule has 2 aliphatic heterocycles. The third kappa shape index (κ3) is 4.59. The minimum Gasteiger partial charge on any atom is -0.466 e. The number of likely N-dealkylation sites (tertiary alicyclic amines) is 1. The second-order valence-electron chi connectivity index (χ2n) is 5.58. The molecule has 21 heavy (non-hydrogen) atoms. The van der Waals surface area contributed by atoms with Gasteiger partial charge in [-0.3, -0.25) is 9.79 Å². The number of esters is 1. The molecule has 0 radical (unpaired) electrons. The predicted octanol–water partition coefficient (Wildman–Crippen LogP) is 1.02. The fourth-order valence-electron chi connectivity index (χ4n) is 2.93. The van der Waals surface area contributed by atoms with Crippen molar-refractivity contribution in [3.05, 3.63) is 0 Å². The van der Waals surface area contributed by atoms with Crippen molar-refractivity contribution < 1.29 is 14.3 Å². The highest BCUT2D eigenvalue weighted by molar-refractivity contribution is 5.80. The van der Waals surface area contributed by atoms with Crippen molar-refractivity contribution in [1.29, 1.82) is 0 Å². The SMILES string of the molecule is CCOC(=O)C1CCN(C(=NC)NCC2CCCO2)CC1. The number of nitrogens with one attached hydrogen (secondary N) is 1. The summed E-state index contributed by atoms with van der Waals surface area (Å²) in [6.45, 7) is 5.68. The van der Waals surface area contributed by atoms with Crippen LogP contribution in [0.25, 0.3) is 0 Å². The Hall–Kier alpha value is -1.30. The van der Waals surface area contributed by atoms with Crippen LogP contribution in [0.15, 0.2) is 4.99 Å². The third-order valence-corrected chi connectivity index (χ3v) is 4.14. The van der Waals surface area contributed by atoms with Gasteiger partial charge in [-0.1, -0.05) is 0 Å². The molecule has 2 fully saturated rings. The van der Waals surface area contributed by atoms with Crippen molar-refractivity contribution in [3.8, 4) is 0 Å². The molecule has 1 atom stereocenters.